The topological polar surface area (TPSA) is 288 Å². The molecule has 18 nitrogen and oxygen atoms in total. The maximum absolute atomic E-state index is 12.4. The molecule has 6 rings (SSSR count). The minimum atomic E-state index is -4.87. The Morgan fingerprint density at radius 1 is 0.750 bits per heavy atom. The van der Waals surface area contributed by atoms with Crippen molar-refractivity contribution in [3.8, 4) is 11.2 Å². The molecule has 64 heavy (non-hydrogen) atoms. The first kappa shape index (κ1) is 58.7. The van der Waals surface area contributed by atoms with Crippen molar-refractivity contribution in [3.05, 3.63) is 93.2 Å². The van der Waals surface area contributed by atoms with E-state index in [0.717, 1.165) is 10.2 Å². The number of azo groups is 1. The van der Waals surface area contributed by atoms with E-state index in [9.17, 15) is 31.2 Å². The van der Waals surface area contributed by atoms with E-state index in [1.807, 2.05) is 45.0 Å². The monoisotopic (exact) mass is 1010 g/mol. The summed E-state index contributed by atoms with van der Waals surface area (Å²) < 4.78 is 103. The predicted molar refractivity (Wildman–Crippen MR) is 228 cm³/mol. The first-order valence-electron chi connectivity index (χ1n) is 18.0. The summed E-state index contributed by atoms with van der Waals surface area (Å²) in [6.07, 6.45) is 0.604. The fraction of sp³-hybridized carbons (Fsp3) is 0.282. The van der Waals surface area contributed by atoms with Gasteiger partial charge in [0.1, 0.15) is 43.4 Å². The van der Waals surface area contributed by atoms with Gasteiger partial charge in [0.05, 0.1) is 35.8 Å². The number of nitrogens with zero attached hydrogens (tertiary/aromatic N) is 7. The minimum absolute atomic E-state index is 0. The number of thiazole rings is 1. The number of pyridine rings is 1. The molecule has 25 heteroatoms. The average molecular weight is 1010 g/mol. The Morgan fingerprint density at radius 2 is 1.25 bits per heavy atom. The minimum Gasteiger partial charge on any atom is -0.748 e. The van der Waals surface area contributed by atoms with Gasteiger partial charge in [-0.1, -0.05) is 56.4 Å². The van der Waals surface area contributed by atoms with E-state index in [4.69, 9.17) is 28.0 Å². The predicted octanol–water partition coefficient (Wildman–Crippen LogP) is -1.22. The van der Waals surface area contributed by atoms with Gasteiger partial charge in [0.15, 0.2) is 11.6 Å². The first-order chi connectivity index (χ1) is 28.1. The maximum Gasteiger partial charge on any atom is 1.00 e. The van der Waals surface area contributed by atoms with Crippen LogP contribution in [-0.2, 0) is 35.8 Å². The van der Waals surface area contributed by atoms with Gasteiger partial charge in [-0.15, -0.1) is 10.2 Å². The summed E-state index contributed by atoms with van der Waals surface area (Å²) in [5.74, 6) is 0.370. The van der Waals surface area contributed by atoms with Gasteiger partial charge < -0.3 is 24.3 Å². The van der Waals surface area contributed by atoms with E-state index in [2.05, 4.69) is 26.9 Å². The zero-order chi connectivity index (χ0) is 45.6. The number of hydrogen-bond donors (Lipinski definition) is 2. The van der Waals surface area contributed by atoms with Crippen molar-refractivity contribution in [2.24, 2.45) is 10.2 Å². The number of nitriles is 1. The number of benzene rings is 3. The molecule has 3 heterocycles. The SMILES string of the molecule is CS(=O)(=O)[O-].Cc1cc(C)c(S(=O)(=O)[O-])c(C)c1Nc1ccc(N=Nc2c(C#N)c(C(C)(C)C)nn2-c2nc3ccccc3s2)c(Nc2c(C)cc(C)c(S(=O)(=O)[O-])c2C)n1.[K+].[K+].[Na+]. The van der Waals surface area contributed by atoms with Gasteiger partial charge >= 0.3 is 132 Å². The molecular formula is C39H40K2N9NaO9S4. The maximum atomic E-state index is 12.4. The number of fused-ring (bicyclic) bond motifs is 1. The van der Waals surface area contributed by atoms with Crippen LogP contribution in [0.25, 0.3) is 15.3 Å². The number of aromatic nitrogens is 4. The Labute approximate surface area is 483 Å². The zero-order valence-corrected chi connectivity index (χ0v) is 49.1. The molecule has 3 aromatic carbocycles. The smallest absolute Gasteiger partial charge is 0.748 e. The second-order valence-corrected chi connectivity index (χ2v) is 20.1. The average Bonchev–Trinajstić information content (AvgIpc) is 3.71. The van der Waals surface area contributed by atoms with Crippen LogP contribution in [0.5, 0.6) is 0 Å². The van der Waals surface area contributed by atoms with Crippen LogP contribution in [0.1, 0.15) is 65.4 Å². The summed E-state index contributed by atoms with van der Waals surface area (Å²) in [6, 6.07) is 16.1. The molecule has 3 aromatic heterocycles. The van der Waals surface area contributed by atoms with Crippen LogP contribution in [0.2, 0.25) is 0 Å². The molecule has 0 bridgehead atoms. The summed E-state index contributed by atoms with van der Waals surface area (Å²) in [6.45, 7) is 15.4. The van der Waals surface area contributed by atoms with Crippen molar-refractivity contribution >= 4 is 86.4 Å². The molecule has 0 aliphatic heterocycles. The van der Waals surface area contributed by atoms with Gasteiger partial charge in [-0.25, -0.2) is 35.2 Å². The fourth-order valence-electron chi connectivity index (χ4n) is 6.74. The Bertz CT molecular complexity index is 3130. The second-order valence-electron chi connectivity index (χ2n) is 15.1. The summed E-state index contributed by atoms with van der Waals surface area (Å²) in [5.41, 5.74) is 3.79. The van der Waals surface area contributed by atoms with Crippen LogP contribution in [0, 0.1) is 52.9 Å². The molecule has 0 unspecified atom stereocenters. The Morgan fingerprint density at radius 3 is 1.72 bits per heavy atom. The van der Waals surface area contributed by atoms with Crippen molar-refractivity contribution in [1.29, 1.82) is 5.26 Å². The van der Waals surface area contributed by atoms with Crippen LogP contribution in [0.4, 0.5) is 34.5 Å². The van der Waals surface area contributed by atoms with Crippen LogP contribution in [0.15, 0.2) is 68.6 Å². The van der Waals surface area contributed by atoms with E-state index >= 15 is 0 Å². The van der Waals surface area contributed by atoms with E-state index < -0.39 is 35.8 Å². The molecule has 6 aromatic rings. The van der Waals surface area contributed by atoms with Crippen LogP contribution < -0.4 is 143 Å². The number of hydrogen-bond acceptors (Lipinski definition) is 18. The number of anilines is 4. The van der Waals surface area contributed by atoms with Gasteiger partial charge in [-0.05, 0) is 99.2 Å². The molecule has 0 radical (unpaired) electrons. The molecule has 2 N–H and O–H groups in total. The third-order valence-corrected chi connectivity index (χ3v) is 12.3. The summed E-state index contributed by atoms with van der Waals surface area (Å²) in [4.78, 5) is 8.74. The van der Waals surface area contributed by atoms with Crippen molar-refractivity contribution < 1.29 is 171 Å². The van der Waals surface area contributed by atoms with E-state index in [0.29, 0.717) is 39.5 Å². The largest absolute Gasteiger partial charge is 1.00 e. The standard InChI is InChI=1S/C38H39N9O6S3.CH4O3S.2K.Na/c1-19-16-21(3)32(55(48,49)50)23(5)30(19)41-29-15-14-27(35(42-29)43-31-20(2)17-22(4)33(24(31)6)56(51,52)53)44-45-36-25(18-39)34(38(7,8)9)46-47(36)37-40-26-12-10-11-13-28(26)54-37;1-5(2,3)4;;;/h10-17H,1-9H3,(H2,41,42,43)(H,48,49,50)(H,51,52,53);1H3,(H,2,3,4);;;/q;;3*+1/p-3. The third-order valence-electron chi connectivity index (χ3n) is 9.07. The number of nitrogens with one attached hydrogen (secondary N) is 2. The van der Waals surface area contributed by atoms with Crippen molar-refractivity contribution in [1.82, 2.24) is 19.7 Å². The van der Waals surface area contributed by atoms with Crippen LogP contribution >= 0.6 is 11.3 Å². The number of rotatable bonds is 9. The first-order valence-corrected chi connectivity index (χ1v) is 23.5. The Kier molecular flexibility index (Phi) is 20.9. The third kappa shape index (κ3) is 14.1. The van der Waals surface area contributed by atoms with E-state index in [1.54, 1.807) is 45.0 Å². The molecular weight excluding hydrogens is 968 g/mol. The van der Waals surface area contributed by atoms with Crippen molar-refractivity contribution in [3.63, 3.8) is 0 Å². The van der Waals surface area contributed by atoms with Gasteiger partial charge in [-0.3, -0.25) is 0 Å². The van der Waals surface area contributed by atoms with Gasteiger partial charge in [0.25, 0.3) is 0 Å². The molecule has 0 saturated carbocycles. The van der Waals surface area contributed by atoms with Gasteiger partial charge in [-0.2, -0.15) is 15.0 Å². The number of para-hydroxylation sites is 1. The molecule has 0 saturated heterocycles. The van der Waals surface area contributed by atoms with Crippen molar-refractivity contribution in [2.45, 2.75) is 77.5 Å². The summed E-state index contributed by atoms with van der Waals surface area (Å²) >= 11 is 1.36. The van der Waals surface area contributed by atoms with Gasteiger partial charge in [0, 0.05) is 23.0 Å². The molecule has 0 amide bonds. The van der Waals surface area contributed by atoms with Crippen LogP contribution in [0.3, 0.4) is 0 Å². The molecule has 322 valence electrons. The van der Waals surface area contributed by atoms with Crippen molar-refractivity contribution in [2.75, 3.05) is 16.9 Å². The van der Waals surface area contributed by atoms with Gasteiger partial charge in [0.2, 0.25) is 5.13 Å². The van der Waals surface area contributed by atoms with E-state index in [1.165, 1.54) is 36.8 Å². The Balaban J connectivity index is 0.00000167. The summed E-state index contributed by atoms with van der Waals surface area (Å²) in [5, 5.41) is 31.0. The molecule has 0 spiro atoms. The molecule has 0 atom stereocenters. The second kappa shape index (κ2) is 22.8. The fourth-order valence-corrected chi connectivity index (χ4v) is 9.52. The summed E-state index contributed by atoms with van der Waals surface area (Å²) in [7, 11) is -13.6. The Hall–Kier alpha value is -1.40. The van der Waals surface area contributed by atoms with E-state index in [-0.39, 0.29) is 193 Å². The molecule has 0 aliphatic rings. The quantitative estimate of drug-likeness (QED) is 0.0976. The molecule has 0 fully saturated rings. The van der Waals surface area contributed by atoms with Crippen LogP contribution in [-0.4, -0.2) is 64.9 Å². The zero-order valence-electron chi connectivity index (χ0n) is 37.6. The molecule has 0 aliphatic carbocycles. The number of aryl methyl sites for hydroxylation is 4. The normalized spacial score (nSPS) is 11.8.